The van der Waals surface area contributed by atoms with E-state index in [2.05, 4.69) is 4.84 Å². The third-order valence-corrected chi connectivity index (χ3v) is 2.47. The van der Waals surface area contributed by atoms with E-state index >= 15 is 0 Å². The molecular weight excluding hydrogens is 218 g/mol. The van der Waals surface area contributed by atoms with Gasteiger partial charge in [0, 0.05) is 11.8 Å². The molecule has 3 N–H and O–H groups in total. The molecule has 7 heteroatoms. The molecule has 0 spiro atoms. The summed E-state index contributed by atoms with van der Waals surface area (Å²) in [6.07, 6.45) is 0. The van der Waals surface area contributed by atoms with Crippen molar-refractivity contribution in [2.45, 2.75) is 4.90 Å². The van der Waals surface area contributed by atoms with Gasteiger partial charge in [-0.1, -0.05) is 6.07 Å². The molecule has 0 amide bonds. The molecule has 13 heavy (non-hydrogen) atoms. The lowest BCUT2D eigenvalue weighted by molar-refractivity contribution is 0.445. The Labute approximate surface area is 79.8 Å². The lowest BCUT2D eigenvalue weighted by atomic mass is 10.3. The number of phenolic OH excluding ortho intramolecular Hbond substituents is 1. The van der Waals surface area contributed by atoms with Crippen LogP contribution in [0.1, 0.15) is 0 Å². The number of para-hydroxylation sites is 1. The van der Waals surface area contributed by atoms with E-state index in [0.29, 0.717) is 0 Å². The predicted molar refractivity (Wildman–Crippen MR) is 47.4 cm³/mol. The fourth-order valence-corrected chi connectivity index (χ4v) is 1.56. The summed E-state index contributed by atoms with van der Waals surface area (Å²) in [4.78, 5) is 1.47. The SMILES string of the molecule is O=S(=O)(O)c1cccc(NCl)c1O. The number of rotatable bonds is 2. The number of benzene rings is 1. The van der Waals surface area contributed by atoms with Crippen molar-refractivity contribution in [2.24, 2.45) is 0 Å². The van der Waals surface area contributed by atoms with Gasteiger partial charge in [0.25, 0.3) is 10.1 Å². The summed E-state index contributed by atoms with van der Waals surface area (Å²) in [6.45, 7) is 0. The largest absolute Gasteiger partial charge is 0.504 e. The number of aromatic hydroxyl groups is 1. The van der Waals surface area contributed by atoms with Crippen molar-refractivity contribution in [3.63, 3.8) is 0 Å². The van der Waals surface area contributed by atoms with Gasteiger partial charge in [-0.15, -0.1) is 0 Å². The number of hydrogen-bond acceptors (Lipinski definition) is 4. The highest BCUT2D eigenvalue weighted by molar-refractivity contribution is 7.86. The van der Waals surface area contributed by atoms with Gasteiger partial charge in [0.05, 0.1) is 5.69 Å². The summed E-state index contributed by atoms with van der Waals surface area (Å²) < 4.78 is 29.9. The molecule has 0 aliphatic carbocycles. The van der Waals surface area contributed by atoms with Gasteiger partial charge in [-0.05, 0) is 12.1 Å². The van der Waals surface area contributed by atoms with E-state index < -0.39 is 20.8 Å². The highest BCUT2D eigenvalue weighted by Gasteiger charge is 2.17. The van der Waals surface area contributed by atoms with Gasteiger partial charge < -0.3 is 5.11 Å². The molecule has 0 fully saturated rings. The first-order valence-electron chi connectivity index (χ1n) is 3.13. The minimum absolute atomic E-state index is 0.0109. The van der Waals surface area contributed by atoms with Crippen LogP contribution in [-0.2, 0) is 10.1 Å². The third-order valence-electron chi connectivity index (χ3n) is 1.38. The zero-order chi connectivity index (χ0) is 10.1. The Balaban J connectivity index is 3.41. The van der Waals surface area contributed by atoms with Crippen LogP contribution < -0.4 is 4.84 Å². The number of halogens is 1. The summed E-state index contributed by atoms with van der Waals surface area (Å²) in [5, 5.41) is 9.24. The van der Waals surface area contributed by atoms with Crippen LogP contribution in [0.2, 0.25) is 0 Å². The summed E-state index contributed by atoms with van der Waals surface area (Å²) in [6, 6.07) is 3.74. The minimum Gasteiger partial charge on any atom is -0.504 e. The zero-order valence-electron chi connectivity index (χ0n) is 6.23. The molecule has 0 heterocycles. The Morgan fingerprint density at radius 1 is 1.38 bits per heavy atom. The van der Waals surface area contributed by atoms with Crippen LogP contribution >= 0.6 is 11.8 Å². The van der Waals surface area contributed by atoms with Crippen molar-refractivity contribution in [1.82, 2.24) is 0 Å². The lowest BCUT2D eigenvalue weighted by Gasteiger charge is -2.04. The van der Waals surface area contributed by atoms with Gasteiger partial charge in [-0.2, -0.15) is 8.42 Å². The molecule has 72 valence electrons. The van der Waals surface area contributed by atoms with Crippen LogP contribution in [0.4, 0.5) is 5.69 Å². The van der Waals surface area contributed by atoms with Crippen molar-refractivity contribution in [2.75, 3.05) is 4.84 Å². The van der Waals surface area contributed by atoms with Crippen LogP contribution in [0.5, 0.6) is 5.75 Å². The van der Waals surface area contributed by atoms with Crippen molar-refractivity contribution in [3.05, 3.63) is 18.2 Å². The maximum absolute atomic E-state index is 10.6. The number of anilines is 1. The Kier molecular flexibility index (Phi) is 2.65. The monoisotopic (exact) mass is 223 g/mol. The predicted octanol–water partition coefficient (Wildman–Crippen LogP) is 1.20. The van der Waals surface area contributed by atoms with E-state index in [-0.39, 0.29) is 5.69 Å². The standard InChI is InChI=1S/C6H6ClNO4S/c7-8-4-2-1-3-5(6(4)9)13(10,11)12/h1-3,8-9H,(H,10,11,12). The lowest BCUT2D eigenvalue weighted by Crippen LogP contribution is -1.99. The molecule has 0 unspecified atom stereocenters. The molecule has 1 aromatic rings. The Hall–Kier alpha value is -0.980. The Morgan fingerprint density at radius 3 is 2.46 bits per heavy atom. The minimum atomic E-state index is -4.41. The van der Waals surface area contributed by atoms with Crippen LogP contribution in [0, 0.1) is 0 Å². The Bertz CT molecular complexity index is 417. The van der Waals surface area contributed by atoms with Gasteiger partial charge >= 0.3 is 0 Å². The molecule has 0 atom stereocenters. The van der Waals surface area contributed by atoms with Crippen molar-refractivity contribution in [1.29, 1.82) is 0 Å². The normalized spacial score (nSPS) is 11.2. The van der Waals surface area contributed by atoms with Crippen molar-refractivity contribution in [3.8, 4) is 5.75 Å². The first kappa shape index (κ1) is 10.1. The van der Waals surface area contributed by atoms with Crippen molar-refractivity contribution < 1.29 is 18.1 Å². The summed E-state index contributed by atoms with van der Waals surface area (Å²) >= 11 is 5.17. The first-order valence-corrected chi connectivity index (χ1v) is 4.94. The zero-order valence-corrected chi connectivity index (χ0v) is 7.80. The fraction of sp³-hybridized carbons (Fsp3) is 0. The topological polar surface area (TPSA) is 86.6 Å². The molecule has 0 aliphatic heterocycles. The molecule has 5 nitrogen and oxygen atoms in total. The van der Waals surface area contributed by atoms with Gasteiger partial charge in [-0.3, -0.25) is 9.39 Å². The molecule has 0 saturated carbocycles. The molecule has 0 saturated heterocycles. The molecule has 1 rings (SSSR count). The average Bonchev–Trinajstić information content (AvgIpc) is 2.02. The van der Waals surface area contributed by atoms with Gasteiger partial charge in [0.2, 0.25) is 0 Å². The highest BCUT2D eigenvalue weighted by atomic mass is 35.5. The average molecular weight is 224 g/mol. The summed E-state index contributed by atoms with van der Waals surface area (Å²) in [7, 11) is -4.41. The molecular formula is C6H6ClNO4S. The summed E-state index contributed by atoms with van der Waals surface area (Å²) in [5.41, 5.74) is 0.0109. The molecule has 0 bridgehead atoms. The maximum atomic E-state index is 10.6. The quantitative estimate of drug-likeness (QED) is 0.399. The molecule has 1 aromatic carbocycles. The number of hydrogen-bond donors (Lipinski definition) is 3. The summed E-state index contributed by atoms with van der Waals surface area (Å²) in [5.74, 6) is -0.611. The van der Waals surface area contributed by atoms with E-state index in [1.54, 1.807) is 0 Å². The number of nitrogens with one attached hydrogen (secondary N) is 1. The smallest absolute Gasteiger partial charge is 0.298 e. The second-order valence-corrected chi connectivity index (χ2v) is 3.80. The van der Waals surface area contributed by atoms with E-state index in [1.807, 2.05) is 0 Å². The van der Waals surface area contributed by atoms with E-state index in [9.17, 15) is 13.5 Å². The first-order chi connectivity index (χ1) is 5.96. The van der Waals surface area contributed by atoms with Crippen LogP contribution in [-0.4, -0.2) is 18.1 Å². The second-order valence-electron chi connectivity index (χ2n) is 2.22. The second kappa shape index (κ2) is 3.41. The van der Waals surface area contributed by atoms with E-state index in [0.717, 1.165) is 6.07 Å². The van der Waals surface area contributed by atoms with Gasteiger partial charge in [0.1, 0.15) is 4.90 Å². The van der Waals surface area contributed by atoms with Crippen molar-refractivity contribution >= 4 is 27.6 Å². The van der Waals surface area contributed by atoms with Gasteiger partial charge in [-0.25, -0.2) is 0 Å². The molecule has 0 aliphatic rings. The van der Waals surface area contributed by atoms with Crippen LogP contribution in [0.15, 0.2) is 23.1 Å². The fourth-order valence-electron chi connectivity index (χ4n) is 0.807. The molecule has 0 radical (unpaired) electrons. The maximum Gasteiger partial charge on any atom is 0.298 e. The van der Waals surface area contributed by atoms with E-state index in [4.69, 9.17) is 16.3 Å². The molecule has 0 aromatic heterocycles. The van der Waals surface area contributed by atoms with E-state index in [1.165, 1.54) is 12.1 Å². The van der Waals surface area contributed by atoms with Gasteiger partial charge in [0.15, 0.2) is 5.75 Å². The third kappa shape index (κ3) is 2.03. The number of phenols is 1. The Morgan fingerprint density at radius 2 is 2.00 bits per heavy atom. The van der Waals surface area contributed by atoms with Crippen LogP contribution in [0.25, 0.3) is 0 Å². The highest BCUT2D eigenvalue weighted by Crippen LogP contribution is 2.30. The van der Waals surface area contributed by atoms with Crippen LogP contribution in [0.3, 0.4) is 0 Å².